The van der Waals surface area contributed by atoms with Crippen LogP contribution in [0.15, 0.2) is 28.7 Å². The van der Waals surface area contributed by atoms with E-state index in [4.69, 9.17) is 19.5 Å². The zero-order valence-corrected chi connectivity index (χ0v) is 10.5. The van der Waals surface area contributed by atoms with Crippen molar-refractivity contribution in [3.05, 3.63) is 52.7 Å². The third kappa shape index (κ3) is 2.78. The van der Waals surface area contributed by atoms with Gasteiger partial charge in [0.25, 0.3) is 0 Å². The van der Waals surface area contributed by atoms with Crippen LogP contribution in [0.2, 0.25) is 0 Å². The Hall–Kier alpha value is -2.81. The number of furan rings is 1. The van der Waals surface area contributed by atoms with Gasteiger partial charge in [-0.3, -0.25) is 0 Å². The van der Waals surface area contributed by atoms with E-state index in [1.807, 2.05) is 6.07 Å². The van der Waals surface area contributed by atoms with Crippen molar-refractivity contribution in [1.29, 1.82) is 5.26 Å². The molecule has 102 valence electrons. The van der Waals surface area contributed by atoms with Crippen molar-refractivity contribution in [3.8, 4) is 11.8 Å². The minimum Gasteiger partial charge on any atom is -0.483 e. The fourth-order valence-electron chi connectivity index (χ4n) is 1.66. The van der Waals surface area contributed by atoms with Gasteiger partial charge in [0.1, 0.15) is 23.7 Å². The Kier molecular flexibility index (Phi) is 3.71. The molecule has 2 rings (SSSR count). The Balaban J connectivity index is 2.11. The standard InChI is InChI=1S/C14H10FNO4/c1-8-11(14(17)18)5-10(20-8)7-19-13-3-2-9(6-16)4-12(13)15/h2-5H,7H2,1H3,(H,17,18). The van der Waals surface area contributed by atoms with Crippen LogP contribution in [0.3, 0.4) is 0 Å². The van der Waals surface area contributed by atoms with E-state index in [0.717, 1.165) is 6.07 Å². The van der Waals surface area contributed by atoms with Crippen LogP contribution in [-0.4, -0.2) is 11.1 Å². The lowest BCUT2D eigenvalue weighted by atomic mass is 10.2. The summed E-state index contributed by atoms with van der Waals surface area (Å²) in [4.78, 5) is 10.8. The predicted molar refractivity (Wildman–Crippen MR) is 65.9 cm³/mol. The molecule has 0 radical (unpaired) electrons. The lowest BCUT2D eigenvalue weighted by molar-refractivity contribution is 0.0695. The van der Waals surface area contributed by atoms with Gasteiger partial charge in [-0.25, -0.2) is 9.18 Å². The Morgan fingerprint density at radius 1 is 1.50 bits per heavy atom. The topological polar surface area (TPSA) is 83.5 Å². The van der Waals surface area contributed by atoms with Crippen LogP contribution >= 0.6 is 0 Å². The van der Waals surface area contributed by atoms with Gasteiger partial charge in [0, 0.05) is 0 Å². The number of ether oxygens (including phenoxy) is 1. The van der Waals surface area contributed by atoms with Gasteiger partial charge in [-0.15, -0.1) is 0 Å². The third-order valence-corrected chi connectivity index (χ3v) is 2.63. The number of benzene rings is 1. The summed E-state index contributed by atoms with van der Waals surface area (Å²) in [5, 5.41) is 17.5. The van der Waals surface area contributed by atoms with Crippen molar-refractivity contribution in [2.75, 3.05) is 0 Å². The average molecular weight is 275 g/mol. The smallest absolute Gasteiger partial charge is 0.339 e. The van der Waals surface area contributed by atoms with Gasteiger partial charge < -0.3 is 14.3 Å². The van der Waals surface area contributed by atoms with Crippen molar-refractivity contribution in [3.63, 3.8) is 0 Å². The van der Waals surface area contributed by atoms with E-state index in [0.29, 0.717) is 0 Å². The molecule has 0 aliphatic rings. The first kappa shape index (κ1) is 13.6. The van der Waals surface area contributed by atoms with E-state index in [1.54, 1.807) is 0 Å². The number of carbonyl (C=O) groups is 1. The summed E-state index contributed by atoms with van der Waals surface area (Å²) in [6, 6.07) is 6.97. The minimum absolute atomic E-state index is 0.0325. The lowest BCUT2D eigenvalue weighted by Crippen LogP contribution is -1.97. The molecule has 0 spiro atoms. The highest BCUT2D eigenvalue weighted by Crippen LogP contribution is 2.21. The summed E-state index contributed by atoms with van der Waals surface area (Å²) < 4.78 is 24.0. The molecule has 5 nitrogen and oxygen atoms in total. The first-order valence-corrected chi connectivity index (χ1v) is 5.66. The molecule has 1 N–H and O–H groups in total. The molecule has 6 heteroatoms. The minimum atomic E-state index is -1.10. The Labute approximate surface area is 113 Å². The fourth-order valence-corrected chi connectivity index (χ4v) is 1.66. The van der Waals surface area contributed by atoms with Gasteiger partial charge in [-0.2, -0.15) is 5.26 Å². The van der Waals surface area contributed by atoms with Gasteiger partial charge >= 0.3 is 5.97 Å². The van der Waals surface area contributed by atoms with E-state index in [1.165, 1.54) is 25.1 Å². The maximum Gasteiger partial charge on any atom is 0.339 e. The van der Waals surface area contributed by atoms with Crippen molar-refractivity contribution in [2.45, 2.75) is 13.5 Å². The highest BCUT2D eigenvalue weighted by molar-refractivity contribution is 5.88. The second-order valence-corrected chi connectivity index (χ2v) is 4.03. The summed E-state index contributed by atoms with van der Waals surface area (Å²) in [7, 11) is 0. The number of nitriles is 1. The molecule has 0 amide bonds. The maximum absolute atomic E-state index is 13.6. The van der Waals surface area contributed by atoms with Gasteiger partial charge in [0.05, 0.1) is 11.6 Å². The number of rotatable bonds is 4. The number of hydrogen-bond donors (Lipinski definition) is 1. The SMILES string of the molecule is Cc1oc(COc2ccc(C#N)cc2F)cc1C(=O)O. The van der Waals surface area contributed by atoms with Crippen LogP contribution in [0.4, 0.5) is 4.39 Å². The number of nitrogens with zero attached hydrogens (tertiary/aromatic N) is 1. The monoisotopic (exact) mass is 275 g/mol. The van der Waals surface area contributed by atoms with Gasteiger partial charge in [0.15, 0.2) is 11.6 Å². The number of carboxylic acid groups (broad SMARTS) is 1. The van der Waals surface area contributed by atoms with Crippen molar-refractivity contribution < 1.29 is 23.4 Å². The largest absolute Gasteiger partial charge is 0.483 e. The molecule has 0 unspecified atom stereocenters. The second-order valence-electron chi connectivity index (χ2n) is 4.03. The quantitative estimate of drug-likeness (QED) is 0.927. The van der Waals surface area contributed by atoms with Crippen LogP contribution in [0.1, 0.15) is 27.4 Å². The van der Waals surface area contributed by atoms with Crippen molar-refractivity contribution in [2.24, 2.45) is 0 Å². The third-order valence-electron chi connectivity index (χ3n) is 2.63. The van der Waals surface area contributed by atoms with Crippen LogP contribution in [0.5, 0.6) is 5.75 Å². The fraction of sp³-hybridized carbons (Fsp3) is 0.143. The molecule has 1 aromatic carbocycles. The predicted octanol–water partition coefficient (Wildman–Crippen LogP) is 2.88. The van der Waals surface area contributed by atoms with Crippen LogP contribution in [-0.2, 0) is 6.61 Å². The molecule has 20 heavy (non-hydrogen) atoms. The van der Waals surface area contributed by atoms with Crippen molar-refractivity contribution >= 4 is 5.97 Å². The summed E-state index contributed by atoms with van der Waals surface area (Å²) >= 11 is 0. The number of aryl methyl sites for hydroxylation is 1. The highest BCUT2D eigenvalue weighted by atomic mass is 19.1. The van der Waals surface area contributed by atoms with Gasteiger partial charge in [-0.1, -0.05) is 0 Å². The number of aromatic carboxylic acids is 1. The maximum atomic E-state index is 13.6. The molecule has 2 aromatic rings. The molecule has 0 atom stereocenters. The van der Waals surface area contributed by atoms with E-state index in [2.05, 4.69) is 0 Å². The Bertz CT molecular complexity index is 700. The summed E-state index contributed by atoms with van der Waals surface area (Å²) in [6.07, 6.45) is 0. The molecular formula is C14H10FNO4. The lowest BCUT2D eigenvalue weighted by Gasteiger charge is -2.05. The molecule has 1 aromatic heterocycles. The number of hydrogen-bond acceptors (Lipinski definition) is 4. The molecule has 0 aliphatic heterocycles. The van der Waals surface area contributed by atoms with E-state index in [-0.39, 0.29) is 35.0 Å². The first-order chi connectivity index (χ1) is 9.51. The molecule has 0 bridgehead atoms. The van der Waals surface area contributed by atoms with E-state index in [9.17, 15) is 9.18 Å². The highest BCUT2D eigenvalue weighted by Gasteiger charge is 2.14. The van der Waals surface area contributed by atoms with Gasteiger partial charge in [-0.05, 0) is 31.2 Å². The Morgan fingerprint density at radius 2 is 2.25 bits per heavy atom. The summed E-state index contributed by atoms with van der Waals surface area (Å²) in [5.41, 5.74) is 0.237. The number of halogens is 1. The molecular weight excluding hydrogens is 265 g/mol. The van der Waals surface area contributed by atoms with Crippen LogP contribution in [0.25, 0.3) is 0 Å². The van der Waals surface area contributed by atoms with Crippen LogP contribution < -0.4 is 4.74 Å². The summed E-state index contributed by atoms with van der Waals surface area (Å²) in [6.45, 7) is 1.42. The van der Waals surface area contributed by atoms with E-state index < -0.39 is 11.8 Å². The molecule has 0 saturated carbocycles. The zero-order chi connectivity index (χ0) is 14.7. The van der Waals surface area contributed by atoms with E-state index >= 15 is 0 Å². The molecule has 0 aliphatic carbocycles. The number of carboxylic acids is 1. The second kappa shape index (κ2) is 5.45. The first-order valence-electron chi connectivity index (χ1n) is 5.66. The normalized spacial score (nSPS) is 10.1. The van der Waals surface area contributed by atoms with Crippen molar-refractivity contribution in [1.82, 2.24) is 0 Å². The molecule has 0 saturated heterocycles. The molecule has 0 fully saturated rings. The summed E-state index contributed by atoms with van der Waals surface area (Å²) in [5.74, 6) is -1.25. The molecule has 1 heterocycles. The average Bonchev–Trinajstić information content (AvgIpc) is 2.78. The van der Waals surface area contributed by atoms with Crippen LogP contribution in [0, 0.1) is 24.1 Å². The zero-order valence-electron chi connectivity index (χ0n) is 10.5. The van der Waals surface area contributed by atoms with Gasteiger partial charge in [0.2, 0.25) is 0 Å². The Morgan fingerprint density at radius 3 is 2.80 bits per heavy atom.